The van der Waals surface area contributed by atoms with Crippen LogP contribution in [0.5, 0.6) is 17.2 Å². The lowest BCUT2D eigenvalue weighted by Gasteiger charge is -2.19. The second-order valence-corrected chi connectivity index (χ2v) is 11.1. The van der Waals surface area contributed by atoms with Gasteiger partial charge < -0.3 is 28.4 Å². The predicted octanol–water partition coefficient (Wildman–Crippen LogP) is 5.60. The number of carbonyl (C=O) groups excluding carboxylic acids is 1. The molecule has 2 saturated heterocycles. The Morgan fingerprint density at radius 1 is 0.658 bits per heavy atom. The van der Waals surface area contributed by atoms with Gasteiger partial charge in [-0.15, -0.1) is 0 Å². The number of rotatable bonds is 13. The Bertz CT molecular complexity index is 1050. The Labute approximate surface area is 224 Å². The topological polar surface area (TPSA) is 79.1 Å². The molecule has 2 aromatic carbocycles. The molecule has 4 fully saturated rings. The maximum atomic E-state index is 12.5. The van der Waals surface area contributed by atoms with Crippen molar-refractivity contribution in [3.63, 3.8) is 0 Å². The van der Waals surface area contributed by atoms with E-state index in [9.17, 15) is 4.79 Å². The fraction of sp³-hybridized carbons (Fsp3) is 0.581. The minimum absolute atomic E-state index is 0.398. The van der Waals surface area contributed by atoms with Gasteiger partial charge in [0.1, 0.15) is 17.2 Å². The molecule has 2 aliphatic carbocycles. The summed E-state index contributed by atoms with van der Waals surface area (Å²) in [7, 11) is 0. The highest BCUT2D eigenvalue weighted by Crippen LogP contribution is 2.40. The number of hydrogen-bond acceptors (Lipinski definition) is 7. The average molecular weight is 523 g/mol. The molecule has 0 N–H and O–H groups in total. The summed E-state index contributed by atoms with van der Waals surface area (Å²) in [6.07, 6.45) is 10.9. The molecule has 0 aromatic heterocycles. The van der Waals surface area contributed by atoms with Crippen molar-refractivity contribution in [2.45, 2.75) is 75.8 Å². The molecule has 38 heavy (non-hydrogen) atoms. The molecule has 0 amide bonds. The SMILES string of the molecule is O=C(Oc1ccc(OCC2CCC3OC3C2)cc1)c1ccc(OCCCCOCC2CCC3OC3C2)cc1. The van der Waals surface area contributed by atoms with Crippen LogP contribution in [0.2, 0.25) is 0 Å². The molecular weight excluding hydrogens is 484 g/mol. The highest BCUT2D eigenvalue weighted by molar-refractivity contribution is 5.91. The van der Waals surface area contributed by atoms with Gasteiger partial charge in [-0.3, -0.25) is 0 Å². The molecule has 2 saturated carbocycles. The molecule has 0 bridgehead atoms. The summed E-state index contributed by atoms with van der Waals surface area (Å²) in [5, 5.41) is 0. The number of benzene rings is 2. The van der Waals surface area contributed by atoms with Gasteiger partial charge in [-0.2, -0.15) is 0 Å². The van der Waals surface area contributed by atoms with E-state index < -0.39 is 5.97 Å². The zero-order chi connectivity index (χ0) is 25.7. The third kappa shape index (κ3) is 7.07. The lowest BCUT2D eigenvalue weighted by molar-refractivity contribution is 0.0734. The summed E-state index contributed by atoms with van der Waals surface area (Å²) in [4.78, 5) is 12.5. The monoisotopic (exact) mass is 522 g/mol. The normalized spacial score (nSPS) is 29.1. The number of ether oxygens (including phenoxy) is 6. The molecule has 6 atom stereocenters. The fourth-order valence-electron chi connectivity index (χ4n) is 5.69. The predicted molar refractivity (Wildman–Crippen MR) is 141 cm³/mol. The Kier molecular flexibility index (Phi) is 8.14. The average Bonchev–Trinajstić information content (AvgIpc) is 3.87. The second kappa shape index (κ2) is 12.1. The van der Waals surface area contributed by atoms with Crippen LogP contribution >= 0.6 is 0 Å². The van der Waals surface area contributed by atoms with E-state index >= 15 is 0 Å². The number of hydrogen-bond donors (Lipinski definition) is 0. The molecule has 6 rings (SSSR count). The van der Waals surface area contributed by atoms with Crippen LogP contribution in [0.3, 0.4) is 0 Å². The third-order valence-electron chi connectivity index (χ3n) is 8.14. The number of epoxide rings is 2. The first kappa shape index (κ1) is 25.7. The van der Waals surface area contributed by atoms with Crippen molar-refractivity contribution in [2.75, 3.05) is 26.4 Å². The largest absolute Gasteiger partial charge is 0.494 e. The first-order valence-electron chi connectivity index (χ1n) is 14.3. The summed E-state index contributed by atoms with van der Waals surface area (Å²) >= 11 is 0. The van der Waals surface area contributed by atoms with E-state index in [0.717, 1.165) is 63.2 Å². The van der Waals surface area contributed by atoms with E-state index in [-0.39, 0.29) is 0 Å². The van der Waals surface area contributed by atoms with Gasteiger partial charge in [-0.25, -0.2) is 4.79 Å². The van der Waals surface area contributed by atoms with Crippen LogP contribution in [0.1, 0.15) is 61.7 Å². The molecule has 2 aliphatic heterocycles. The quantitative estimate of drug-likeness (QED) is 0.147. The van der Waals surface area contributed by atoms with Crippen molar-refractivity contribution < 1.29 is 33.2 Å². The van der Waals surface area contributed by atoms with Crippen molar-refractivity contribution in [1.82, 2.24) is 0 Å². The summed E-state index contributed by atoms with van der Waals surface area (Å²) < 4.78 is 34.3. The van der Waals surface area contributed by atoms with E-state index in [1.54, 1.807) is 36.4 Å². The smallest absolute Gasteiger partial charge is 0.343 e. The van der Waals surface area contributed by atoms with Gasteiger partial charge in [0.2, 0.25) is 0 Å². The zero-order valence-corrected chi connectivity index (χ0v) is 21.9. The Hall–Kier alpha value is -2.61. The summed E-state index contributed by atoms with van der Waals surface area (Å²) in [6.45, 7) is 2.94. The van der Waals surface area contributed by atoms with Crippen LogP contribution in [0.25, 0.3) is 0 Å². The lowest BCUT2D eigenvalue weighted by Crippen LogP contribution is -2.19. The van der Waals surface area contributed by atoms with E-state index in [1.807, 2.05) is 12.1 Å². The second-order valence-electron chi connectivity index (χ2n) is 11.1. The van der Waals surface area contributed by atoms with Crippen molar-refractivity contribution in [3.8, 4) is 17.2 Å². The number of unbranched alkanes of at least 4 members (excludes halogenated alkanes) is 1. The molecule has 7 heteroatoms. The van der Waals surface area contributed by atoms with Crippen LogP contribution in [0.15, 0.2) is 48.5 Å². The maximum Gasteiger partial charge on any atom is 0.343 e. The maximum absolute atomic E-state index is 12.5. The summed E-state index contributed by atoms with van der Waals surface area (Å²) in [5.41, 5.74) is 0.481. The highest BCUT2D eigenvalue weighted by Gasteiger charge is 2.44. The minimum Gasteiger partial charge on any atom is -0.494 e. The molecule has 204 valence electrons. The molecule has 2 aromatic rings. The lowest BCUT2D eigenvalue weighted by atomic mass is 9.90. The first-order valence-corrected chi connectivity index (χ1v) is 14.3. The Morgan fingerprint density at radius 2 is 1.24 bits per heavy atom. The van der Waals surface area contributed by atoms with E-state index in [2.05, 4.69) is 0 Å². The van der Waals surface area contributed by atoms with E-state index in [4.69, 9.17) is 28.4 Å². The third-order valence-corrected chi connectivity index (χ3v) is 8.14. The van der Waals surface area contributed by atoms with Crippen LogP contribution in [0.4, 0.5) is 0 Å². The van der Waals surface area contributed by atoms with Crippen molar-refractivity contribution >= 4 is 5.97 Å². The minimum atomic E-state index is -0.398. The number of carbonyl (C=O) groups is 1. The molecular formula is C31H38O7. The number of esters is 1. The summed E-state index contributed by atoms with van der Waals surface area (Å²) in [5.74, 6) is 2.83. The standard InChI is InChI=1S/C31H38O7/c32-31(36-26-11-9-25(10-12-26)35-20-22-4-14-28-30(18-22)38-28)23-5-7-24(8-6-23)34-16-2-1-15-33-19-21-3-13-27-29(17-21)37-27/h5-12,21-22,27-30H,1-4,13-20H2. The van der Waals surface area contributed by atoms with Crippen molar-refractivity contribution in [1.29, 1.82) is 0 Å². The van der Waals surface area contributed by atoms with Crippen molar-refractivity contribution in [3.05, 3.63) is 54.1 Å². The van der Waals surface area contributed by atoms with Gasteiger partial charge in [-0.05, 0) is 112 Å². The molecule has 6 unspecified atom stereocenters. The van der Waals surface area contributed by atoms with Gasteiger partial charge >= 0.3 is 5.97 Å². The van der Waals surface area contributed by atoms with Gasteiger partial charge in [0.25, 0.3) is 0 Å². The summed E-state index contributed by atoms with van der Waals surface area (Å²) in [6, 6.07) is 14.3. The van der Waals surface area contributed by atoms with Crippen LogP contribution in [0, 0.1) is 11.8 Å². The van der Waals surface area contributed by atoms with Gasteiger partial charge in [0, 0.05) is 13.2 Å². The van der Waals surface area contributed by atoms with Crippen molar-refractivity contribution in [2.24, 2.45) is 11.8 Å². The Balaban J connectivity index is 0.845. The molecule has 2 heterocycles. The van der Waals surface area contributed by atoms with Gasteiger partial charge in [0.05, 0.1) is 43.2 Å². The van der Waals surface area contributed by atoms with Crippen LogP contribution in [-0.4, -0.2) is 56.8 Å². The molecule has 7 nitrogen and oxygen atoms in total. The first-order chi connectivity index (χ1) is 18.7. The van der Waals surface area contributed by atoms with Crippen LogP contribution in [-0.2, 0) is 14.2 Å². The molecule has 0 spiro atoms. The number of fused-ring (bicyclic) bond motifs is 2. The Morgan fingerprint density at radius 3 is 1.92 bits per heavy atom. The van der Waals surface area contributed by atoms with Crippen LogP contribution < -0.4 is 14.2 Å². The highest BCUT2D eigenvalue weighted by atomic mass is 16.6. The van der Waals surface area contributed by atoms with Gasteiger partial charge in [0.15, 0.2) is 0 Å². The molecule has 4 aliphatic rings. The van der Waals surface area contributed by atoms with E-state index in [0.29, 0.717) is 60.8 Å². The molecule has 0 radical (unpaired) electrons. The fourth-order valence-corrected chi connectivity index (χ4v) is 5.69. The van der Waals surface area contributed by atoms with Gasteiger partial charge in [-0.1, -0.05) is 0 Å². The zero-order valence-electron chi connectivity index (χ0n) is 21.9. The van der Waals surface area contributed by atoms with E-state index in [1.165, 1.54) is 12.8 Å².